The third kappa shape index (κ3) is 3.39. The van der Waals surface area contributed by atoms with Gasteiger partial charge >= 0.3 is 0 Å². The fraction of sp³-hybridized carbons (Fsp3) is 0.500. The number of carbonyl (C=O) groups is 1. The maximum Gasteiger partial charge on any atom is 0.253 e. The SMILES string of the molecule is Cc1noc(C)c1CN1CCOC(C(=O)N2CCc3ccccc3C2)C1. The van der Waals surface area contributed by atoms with E-state index in [9.17, 15) is 4.79 Å². The molecular formula is C20H25N3O3. The van der Waals surface area contributed by atoms with Gasteiger partial charge in [-0.1, -0.05) is 29.4 Å². The Hall–Kier alpha value is -2.18. The minimum absolute atomic E-state index is 0.1000. The van der Waals surface area contributed by atoms with Crippen LogP contribution in [0.1, 0.15) is 28.1 Å². The highest BCUT2D eigenvalue weighted by Gasteiger charge is 2.32. The maximum atomic E-state index is 13.0. The molecule has 26 heavy (non-hydrogen) atoms. The summed E-state index contributed by atoms with van der Waals surface area (Å²) in [4.78, 5) is 17.2. The van der Waals surface area contributed by atoms with E-state index in [0.29, 0.717) is 19.7 Å². The van der Waals surface area contributed by atoms with Crippen LogP contribution in [0.3, 0.4) is 0 Å². The zero-order chi connectivity index (χ0) is 18.1. The monoisotopic (exact) mass is 355 g/mol. The van der Waals surface area contributed by atoms with E-state index in [1.165, 1.54) is 11.1 Å². The van der Waals surface area contributed by atoms with Crippen molar-refractivity contribution in [2.24, 2.45) is 0 Å². The van der Waals surface area contributed by atoms with Crippen LogP contribution in [0.5, 0.6) is 0 Å². The number of benzene rings is 1. The van der Waals surface area contributed by atoms with Crippen molar-refractivity contribution >= 4 is 5.91 Å². The van der Waals surface area contributed by atoms with E-state index < -0.39 is 6.10 Å². The fourth-order valence-corrected chi connectivity index (χ4v) is 3.83. The molecular weight excluding hydrogens is 330 g/mol. The molecule has 0 saturated carbocycles. The highest BCUT2D eigenvalue weighted by molar-refractivity contribution is 5.81. The van der Waals surface area contributed by atoms with Crippen molar-refractivity contribution in [1.29, 1.82) is 0 Å². The second-order valence-electron chi connectivity index (χ2n) is 7.18. The summed E-state index contributed by atoms with van der Waals surface area (Å²) in [7, 11) is 0. The predicted octanol–water partition coefficient (Wildman–Crippen LogP) is 2.08. The van der Waals surface area contributed by atoms with Crippen LogP contribution in [0.15, 0.2) is 28.8 Å². The molecule has 1 aromatic heterocycles. The Bertz CT molecular complexity index is 782. The van der Waals surface area contributed by atoms with Crippen LogP contribution in [0.25, 0.3) is 0 Å². The molecule has 1 atom stereocenters. The number of aromatic nitrogens is 1. The van der Waals surface area contributed by atoms with Crippen molar-refractivity contribution in [2.75, 3.05) is 26.2 Å². The van der Waals surface area contributed by atoms with Crippen LogP contribution in [-0.2, 0) is 29.0 Å². The van der Waals surface area contributed by atoms with Gasteiger partial charge in [-0.25, -0.2) is 0 Å². The van der Waals surface area contributed by atoms with Gasteiger partial charge in [0.1, 0.15) is 11.9 Å². The molecule has 2 aromatic rings. The summed E-state index contributed by atoms with van der Waals surface area (Å²) in [5.41, 5.74) is 4.63. The van der Waals surface area contributed by atoms with E-state index in [-0.39, 0.29) is 5.91 Å². The first kappa shape index (κ1) is 17.2. The molecule has 0 radical (unpaired) electrons. The Labute approximate surface area is 153 Å². The molecule has 138 valence electrons. The van der Waals surface area contributed by atoms with E-state index in [1.807, 2.05) is 24.8 Å². The van der Waals surface area contributed by atoms with E-state index in [2.05, 4.69) is 28.3 Å². The summed E-state index contributed by atoms with van der Waals surface area (Å²) in [5.74, 6) is 0.951. The minimum Gasteiger partial charge on any atom is -0.366 e. The summed E-state index contributed by atoms with van der Waals surface area (Å²) in [6.07, 6.45) is 0.520. The van der Waals surface area contributed by atoms with Crippen molar-refractivity contribution in [1.82, 2.24) is 15.0 Å². The molecule has 1 aromatic carbocycles. The average molecular weight is 355 g/mol. The third-order valence-electron chi connectivity index (χ3n) is 5.43. The number of nitrogens with zero attached hydrogens (tertiary/aromatic N) is 3. The molecule has 2 aliphatic rings. The van der Waals surface area contributed by atoms with Gasteiger partial charge in [0, 0.05) is 38.3 Å². The van der Waals surface area contributed by atoms with E-state index in [0.717, 1.165) is 43.1 Å². The summed E-state index contributed by atoms with van der Waals surface area (Å²) in [6, 6.07) is 8.36. The number of hydrogen-bond donors (Lipinski definition) is 0. The Kier molecular flexibility index (Phi) is 4.78. The number of fused-ring (bicyclic) bond motifs is 1. The Morgan fingerprint density at radius 1 is 1.23 bits per heavy atom. The summed E-state index contributed by atoms with van der Waals surface area (Å²) >= 11 is 0. The Balaban J connectivity index is 1.41. The number of ether oxygens (including phenoxy) is 1. The first-order chi connectivity index (χ1) is 12.6. The molecule has 1 amide bonds. The summed E-state index contributed by atoms with van der Waals surface area (Å²) in [6.45, 7) is 8.08. The molecule has 1 saturated heterocycles. The molecule has 1 unspecified atom stereocenters. The lowest BCUT2D eigenvalue weighted by atomic mass is 9.99. The van der Waals surface area contributed by atoms with Gasteiger partial charge < -0.3 is 14.2 Å². The Morgan fingerprint density at radius 3 is 2.81 bits per heavy atom. The van der Waals surface area contributed by atoms with Crippen LogP contribution in [0.4, 0.5) is 0 Å². The van der Waals surface area contributed by atoms with Crippen LogP contribution in [0.2, 0.25) is 0 Å². The molecule has 0 bridgehead atoms. The molecule has 0 aliphatic carbocycles. The lowest BCUT2D eigenvalue weighted by molar-refractivity contribution is -0.150. The number of morpholine rings is 1. The minimum atomic E-state index is -0.394. The number of rotatable bonds is 3. The smallest absolute Gasteiger partial charge is 0.253 e. The number of aryl methyl sites for hydroxylation is 2. The number of carbonyl (C=O) groups excluding carboxylic acids is 1. The van der Waals surface area contributed by atoms with Gasteiger partial charge in [0.05, 0.1) is 12.3 Å². The van der Waals surface area contributed by atoms with Crippen LogP contribution in [-0.4, -0.2) is 53.2 Å². The first-order valence-electron chi connectivity index (χ1n) is 9.23. The zero-order valence-electron chi connectivity index (χ0n) is 15.4. The van der Waals surface area contributed by atoms with Gasteiger partial charge in [0.15, 0.2) is 0 Å². The van der Waals surface area contributed by atoms with Gasteiger partial charge in [-0.3, -0.25) is 9.69 Å². The molecule has 0 N–H and O–H groups in total. The van der Waals surface area contributed by atoms with Gasteiger partial charge in [0.25, 0.3) is 5.91 Å². The zero-order valence-corrected chi connectivity index (χ0v) is 15.4. The largest absolute Gasteiger partial charge is 0.366 e. The van der Waals surface area contributed by atoms with Crippen molar-refractivity contribution < 1.29 is 14.1 Å². The van der Waals surface area contributed by atoms with Gasteiger partial charge in [-0.05, 0) is 31.4 Å². The number of amides is 1. The lowest BCUT2D eigenvalue weighted by Gasteiger charge is -2.36. The normalized spacial score (nSPS) is 20.8. The molecule has 6 nitrogen and oxygen atoms in total. The molecule has 6 heteroatoms. The maximum absolute atomic E-state index is 13.0. The highest BCUT2D eigenvalue weighted by Crippen LogP contribution is 2.21. The quantitative estimate of drug-likeness (QED) is 0.844. The molecule has 0 spiro atoms. The number of hydrogen-bond acceptors (Lipinski definition) is 5. The van der Waals surface area contributed by atoms with Gasteiger partial charge in [-0.2, -0.15) is 0 Å². The van der Waals surface area contributed by atoms with E-state index in [1.54, 1.807) is 0 Å². The first-order valence-corrected chi connectivity index (χ1v) is 9.23. The molecule has 4 rings (SSSR count). The Morgan fingerprint density at radius 2 is 2.04 bits per heavy atom. The van der Waals surface area contributed by atoms with Crippen LogP contribution >= 0.6 is 0 Å². The topological polar surface area (TPSA) is 58.8 Å². The van der Waals surface area contributed by atoms with Crippen molar-refractivity contribution in [3.63, 3.8) is 0 Å². The third-order valence-corrected chi connectivity index (χ3v) is 5.43. The standard InChI is InChI=1S/C20H25N3O3/c1-14-18(15(2)26-21-14)12-22-9-10-25-19(13-22)20(24)23-8-7-16-5-3-4-6-17(16)11-23/h3-6,19H,7-13H2,1-2H3. The van der Waals surface area contributed by atoms with Gasteiger partial charge in [0.2, 0.25) is 0 Å². The summed E-state index contributed by atoms with van der Waals surface area (Å²) < 4.78 is 11.1. The lowest BCUT2D eigenvalue weighted by Crippen LogP contribution is -2.51. The van der Waals surface area contributed by atoms with Crippen LogP contribution < -0.4 is 0 Å². The fourth-order valence-electron chi connectivity index (χ4n) is 3.83. The molecule has 1 fully saturated rings. The van der Waals surface area contributed by atoms with Crippen LogP contribution in [0, 0.1) is 13.8 Å². The van der Waals surface area contributed by atoms with Crippen molar-refractivity contribution in [2.45, 2.75) is 39.5 Å². The van der Waals surface area contributed by atoms with E-state index in [4.69, 9.17) is 9.26 Å². The average Bonchev–Trinajstić information content (AvgIpc) is 2.99. The summed E-state index contributed by atoms with van der Waals surface area (Å²) in [5, 5.41) is 4.02. The van der Waals surface area contributed by atoms with E-state index >= 15 is 0 Å². The second kappa shape index (κ2) is 7.21. The highest BCUT2D eigenvalue weighted by atomic mass is 16.5. The second-order valence-corrected chi connectivity index (χ2v) is 7.18. The van der Waals surface area contributed by atoms with Crippen molar-refractivity contribution in [3.8, 4) is 0 Å². The predicted molar refractivity (Wildman–Crippen MR) is 96.6 cm³/mol. The molecule has 2 aliphatic heterocycles. The van der Waals surface area contributed by atoms with Gasteiger partial charge in [-0.15, -0.1) is 0 Å². The van der Waals surface area contributed by atoms with Crippen molar-refractivity contribution in [3.05, 3.63) is 52.4 Å². The molecule has 3 heterocycles.